The second-order valence-corrected chi connectivity index (χ2v) is 7.26. The Kier molecular flexibility index (Phi) is 5.90. The van der Waals surface area contributed by atoms with E-state index in [0.717, 1.165) is 30.2 Å². The Morgan fingerprint density at radius 2 is 2.00 bits per heavy atom. The number of hydrogen-bond donors (Lipinski definition) is 1. The van der Waals surface area contributed by atoms with Gasteiger partial charge < -0.3 is 5.32 Å². The first-order valence-electron chi connectivity index (χ1n) is 8.47. The first-order chi connectivity index (χ1) is 12.4. The average Bonchev–Trinajstić information content (AvgIpc) is 3.35. The van der Waals surface area contributed by atoms with E-state index >= 15 is 0 Å². The van der Waals surface area contributed by atoms with Gasteiger partial charge in [-0.05, 0) is 24.5 Å². The van der Waals surface area contributed by atoms with Crippen LogP contribution in [-0.4, -0.2) is 28.0 Å². The highest BCUT2D eigenvalue weighted by Crippen LogP contribution is 2.42. The summed E-state index contributed by atoms with van der Waals surface area (Å²) in [4.78, 5) is 11.9. The SMILES string of the molecule is O=C(CSCc1ccccc1)NCCn1nc(C(F)(F)F)cc1C1CC1. The second kappa shape index (κ2) is 8.16. The molecule has 1 aliphatic rings. The molecule has 140 valence electrons. The summed E-state index contributed by atoms with van der Waals surface area (Å²) in [5, 5.41) is 6.43. The Morgan fingerprint density at radius 1 is 1.27 bits per heavy atom. The summed E-state index contributed by atoms with van der Waals surface area (Å²) in [6.45, 7) is 0.514. The van der Waals surface area contributed by atoms with Crippen molar-refractivity contribution in [2.75, 3.05) is 12.3 Å². The number of hydrogen-bond acceptors (Lipinski definition) is 3. The summed E-state index contributed by atoms with van der Waals surface area (Å²) in [5.74, 6) is 1.10. The normalized spacial score (nSPS) is 14.4. The number of aromatic nitrogens is 2. The van der Waals surface area contributed by atoms with E-state index in [0.29, 0.717) is 11.4 Å². The maximum atomic E-state index is 12.8. The van der Waals surface area contributed by atoms with Crippen molar-refractivity contribution in [2.24, 2.45) is 0 Å². The molecular weight excluding hydrogens is 363 g/mol. The number of alkyl halides is 3. The third kappa shape index (κ3) is 5.27. The Balaban J connectivity index is 1.44. The molecule has 0 unspecified atom stereocenters. The molecule has 1 fully saturated rings. The van der Waals surface area contributed by atoms with Crippen LogP contribution in [-0.2, 0) is 23.3 Å². The third-order valence-electron chi connectivity index (χ3n) is 4.09. The average molecular weight is 383 g/mol. The first kappa shape index (κ1) is 18.8. The summed E-state index contributed by atoms with van der Waals surface area (Å²) in [5.41, 5.74) is 0.907. The predicted molar refractivity (Wildman–Crippen MR) is 94.8 cm³/mol. The standard InChI is InChI=1S/C18H20F3N3OS/c19-18(20,21)16-10-15(14-6-7-14)24(23-16)9-8-22-17(25)12-26-11-13-4-2-1-3-5-13/h1-5,10,14H,6-9,11-12H2,(H,22,25). The number of nitrogens with zero attached hydrogens (tertiary/aromatic N) is 2. The van der Waals surface area contributed by atoms with Gasteiger partial charge in [-0.2, -0.15) is 18.3 Å². The molecule has 0 saturated heterocycles. The molecule has 2 aromatic rings. The van der Waals surface area contributed by atoms with E-state index in [-0.39, 0.29) is 24.9 Å². The highest BCUT2D eigenvalue weighted by atomic mass is 32.2. The summed E-state index contributed by atoms with van der Waals surface area (Å²) >= 11 is 1.50. The Bertz CT molecular complexity index is 742. The van der Waals surface area contributed by atoms with Crippen LogP contribution in [0.4, 0.5) is 13.2 Å². The zero-order valence-corrected chi connectivity index (χ0v) is 14.9. The maximum Gasteiger partial charge on any atom is 0.435 e. The predicted octanol–water partition coefficient (Wildman–Crippen LogP) is 3.83. The van der Waals surface area contributed by atoms with E-state index < -0.39 is 11.9 Å². The van der Waals surface area contributed by atoms with Crippen LogP contribution in [0.15, 0.2) is 36.4 Å². The molecule has 0 bridgehead atoms. The zero-order chi connectivity index (χ0) is 18.6. The summed E-state index contributed by atoms with van der Waals surface area (Å²) in [6.07, 6.45) is -2.65. The van der Waals surface area contributed by atoms with Crippen LogP contribution in [0.3, 0.4) is 0 Å². The van der Waals surface area contributed by atoms with Gasteiger partial charge in [-0.25, -0.2) is 0 Å². The van der Waals surface area contributed by atoms with Crippen molar-refractivity contribution >= 4 is 17.7 Å². The van der Waals surface area contributed by atoms with Gasteiger partial charge in [0.15, 0.2) is 5.69 Å². The summed E-state index contributed by atoms with van der Waals surface area (Å²) in [7, 11) is 0. The third-order valence-corrected chi connectivity index (χ3v) is 5.09. The van der Waals surface area contributed by atoms with E-state index in [9.17, 15) is 18.0 Å². The summed E-state index contributed by atoms with van der Waals surface area (Å²) < 4.78 is 39.9. The Hall–Kier alpha value is -1.96. The molecule has 1 aliphatic carbocycles. The van der Waals surface area contributed by atoms with Crippen LogP contribution in [0.5, 0.6) is 0 Å². The van der Waals surface area contributed by atoms with Crippen LogP contribution >= 0.6 is 11.8 Å². The number of amides is 1. The molecule has 1 aromatic carbocycles. The minimum Gasteiger partial charge on any atom is -0.354 e. The second-order valence-electron chi connectivity index (χ2n) is 6.28. The number of halogens is 3. The van der Waals surface area contributed by atoms with Crippen LogP contribution in [0, 0.1) is 0 Å². The molecule has 4 nitrogen and oxygen atoms in total. The van der Waals surface area contributed by atoms with Gasteiger partial charge in [0.05, 0.1) is 12.3 Å². The Morgan fingerprint density at radius 3 is 2.65 bits per heavy atom. The molecule has 1 heterocycles. The molecular formula is C18H20F3N3OS. The minimum absolute atomic E-state index is 0.123. The van der Waals surface area contributed by atoms with Gasteiger partial charge in [0.1, 0.15) is 0 Å². The van der Waals surface area contributed by atoms with Crippen molar-refractivity contribution in [3.05, 3.63) is 53.3 Å². The highest BCUT2D eigenvalue weighted by Gasteiger charge is 2.37. The van der Waals surface area contributed by atoms with Crippen molar-refractivity contribution < 1.29 is 18.0 Å². The molecule has 1 N–H and O–H groups in total. The number of nitrogens with one attached hydrogen (secondary N) is 1. The van der Waals surface area contributed by atoms with Crippen LogP contribution in [0.25, 0.3) is 0 Å². The topological polar surface area (TPSA) is 46.9 Å². The molecule has 0 atom stereocenters. The van der Waals surface area contributed by atoms with E-state index in [1.165, 1.54) is 16.4 Å². The molecule has 1 saturated carbocycles. The lowest BCUT2D eigenvalue weighted by atomic mass is 10.2. The molecule has 1 aromatic heterocycles. The van der Waals surface area contributed by atoms with Gasteiger partial charge in [-0.1, -0.05) is 30.3 Å². The number of thioether (sulfide) groups is 1. The molecule has 0 aliphatic heterocycles. The van der Waals surface area contributed by atoms with Gasteiger partial charge in [0.2, 0.25) is 5.91 Å². The van der Waals surface area contributed by atoms with Gasteiger partial charge >= 0.3 is 6.18 Å². The fraction of sp³-hybridized carbons (Fsp3) is 0.444. The minimum atomic E-state index is -4.44. The fourth-order valence-electron chi connectivity index (χ4n) is 2.64. The highest BCUT2D eigenvalue weighted by molar-refractivity contribution is 7.99. The van der Waals surface area contributed by atoms with Crippen molar-refractivity contribution in [2.45, 2.75) is 37.2 Å². The van der Waals surface area contributed by atoms with Crippen LogP contribution < -0.4 is 5.32 Å². The Labute approximate surface area is 154 Å². The quantitative estimate of drug-likeness (QED) is 0.754. The van der Waals surface area contributed by atoms with E-state index in [2.05, 4.69) is 10.4 Å². The molecule has 3 rings (SSSR count). The van der Waals surface area contributed by atoms with Crippen LogP contribution in [0.2, 0.25) is 0 Å². The molecule has 0 radical (unpaired) electrons. The van der Waals surface area contributed by atoms with Crippen molar-refractivity contribution in [3.63, 3.8) is 0 Å². The van der Waals surface area contributed by atoms with Gasteiger partial charge in [-0.15, -0.1) is 11.8 Å². The smallest absolute Gasteiger partial charge is 0.354 e. The lowest BCUT2D eigenvalue weighted by molar-refractivity contribution is -0.141. The number of benzene rings is 1. The van der Waals surface area contributed by atoms with Crippen molar-refractivity contribution in [1.82, 2.24) is 15.1 Å². The van der Waals surface area contributed by atoms with E-state index in [1.807, 2.05) is 30.3 Å². The van der Waals surface area contributed by atoms with E-state index in [4.69, 9.17) is 0 Å². The lowest BCUT2D eigenvalue weighted by Gasteiger charge is -2.08. The van der Waals surface area contributed by atoms with Gasteiger partial charge in [0, 0.05) is 23.9 Å². The largest absolute Gasteiger partial charge is 0.435 e. The van der Waals surface area contributed by atoms with Crippen LogP contribution in [0.1, 0.15) is 35.7 Å². The number of carbonyl (C=O) groups is 1. The van der Waals surface area contributed by atoms with Crippen molar-refractivity contribution in [1.29, 1.82) is 0 Å². The fourth-order valence-corrected chi connectivity index (χ4v) is 3.46. The first-order valence-corrected chi connectivity index (χ1v) is 9.62. The van der Waals surface area contributed by atoms with Gasteiger partial charge in [-0.3, -0.25) is 9.48 Å². The molecule has 26 heavy (non-hydrogen) atoms. The van der Waals surface area contributed by atoms with Gasteiger partial charge in [0.25, 0.3) is 0 Å². The molecule has 8 heteroatoms. The molecule has 1 amide bonds. The zero-order valence-electron chi connectivity index (χ0n) is 14.1. The van der Waals surface area contributed by atoms with Crippen molar-refractivity contribution in [3.8, 4) is 0 Å². The number of rotatable bonds is 8. The number of carbonyl (C=O) groups excluding carboxylic acids is 1. The van der Waals surface area contributed by atoms with E-state index in [1.54, 1.807) is 0 Å². The lowest BCUT2D eigenvalue weighted by Crippen LogP contribution is -2.29. The monoisotopic (exact) mass is 383 g/mol. The summed E-state index contributed by atoms with van der Waals surface area (Å²) in [6, 6.07) is 11.0. The maximum absolute atomic E-state index is 12.8. The molecule has 0 spiro atoms.